The molecule has 0 spiro atoms. The fourth-order valence-electron chi connectivity index (χ4n) is 2.05. The van der Waals surface area contributed by atoms with Crippen molar-refractivity contribution < 1.29 is 26.1 Å². The van der Waals surface area contributed by atoms with Gasteiger partial charge >= 0.3 is 6.18 Å². The molecule has 0 fully saturated rings. The average Bonchev–Trinajstić information content (AvgIpc) is 2.83. The van der Waals surface area contributed by atoms with Crippen LogP contribution in [0.25, 0.3) is 0 Å². The van der Waals surface area contributed by atoms with E-state index in [0.717, 1.165) is 16.4 Å². The zero-order valence-electron chi connectivity index (χ0n) is 12.7. The largest absolute Gasteiger partial charge is 0.416 e. The molecule has 2 rings (SSSR count). The average molecular weight is 348 g/mol. The molecule has 126 valence electrons. The summed E-state index contributed by atoms with van der Waals surface area (Å²) in [6.07, 6.45) is -4.61. The molecule has 5 nitrogen and oxygen atoms in total. The van der Waals surface area contributed by atoms with E-state index in [0.29, 0.717) is 17.5 Å². The molecule has 1 heterocycles. The summed E-state index contributed by atoms with van der Waals surface area (Å²) in [5.74, 6) is 0.514. The number of halogens is 3. The molecular formula is C14H15F3N2O3S. The molecule has 0 amide bonds. The van der Waals surface area contributed by atoms with Crippen molar-refractivity contribution in [2.24, 2.45) is 0 Å². The Labute approximate surface area is 131 Å². The highest BCUT2D eigenvalue weighted by Gasteiger charge is 2.34. The minimum absolute atomic E-state index is 0.0359. The number of aromatic nitrogens is 1. The monoisotopic (exact) mass is 348 g/mol. The van der Waals surface area contributed by atoms with E-state index in [9.17, 15) is 21.6 Å². The maximum absolute atomic E-state index is 12.9. The van der Waals surface area contributed by atoms with E-state index in [1.54, 1.807) is 13.0 Å². The summed E-state index contributed by atoms with van der Waals surface area (Å²) in [7, 11) is -2.81. The van der Waals surface area contributed by atoms with Gasteiger partial charge in [-0.15, -0.1) is 0 Å². The lowest BCUT2D eigenvalue weighted by Crippen LogP contribution is -2.27. The molecular weight excluding hydrogens is 333 g/mol. The van der Waals surface area contributed by atoms with Crippen molar-refractivity contribution in [3.05, 3.63) is 46.8 Å². The molecule has 0 bridgehead atoms. The van der Waals surface area contributed by atoms with Crippen molar-refractivity contribution >= 4 is 10.0 Å². The number of benzene rings is 1. The van der Waals surface area contributed by atoms with E-state index in [2.05, 4.69) is 5.16 Å². The summed E-state index contributed by atoms with van der Waals surface area (Å²) in [4.78, 5) is -0.418. The van der Waals surface area contributed by atoms with E-state index >= 15 is 0 Å². The van der Waals surface area contributed by atoms with E-state index in [4.69, 9.17) is 4.52 Å². The number of sulfonamides is 1. The number of hydrogen-bond acceptors (Lipinski definition) is 4. The van der Waals surface area contributed by atoms with Crippen LogP contribution in [0.1, 0.15) is 22.6 Å². The van der Waals surface area contributed by atoms with Gasteiger partial charge < -0.3 is 4.52 Å². The lowest BCUT2D eigenvalue weighted by molar-refractivity contribution is -0.138. The first kappa shape index (κ1) is 17.5. The van der Waals surface area contributed by atoms with Crippen LogP contribution < -0.4 is 0 Å². The molecule has 0 radical (unpaired) electrons. The molecule has 1 aromatic carbocycles. The van der Waals surface area contributed by atoms with Crippen molar-refractivity contribution in [3.63, 3.8) is 0 Å². The number of rotatable bonds is 4. The first-order valence-electron chi connectivity index (χ1n) is 6.58. The normalized spacial score (nSPS) is 12.8. The van der Waals surface area contributed by atoms with Crippen molar-refractivity contribution in [1.29, 1.82) is 0 Å². The van der Waals surface area contributed by atoms with E-state index in [-0.39, 0.29) is 12.1 Å². The number of hydrogen-bond donors (Lipinski definition) is 0. The van der Waals surface area contributed by atoms with Crippen LogP contribution >= 0.6 is 0 Å². The van der Waals surface area contributed by atoms with Crippen LogP contribution in [0.15, 0.2) is 33.7 Å². The molecule has 0 saturated heterocycles. The van der Waals surface area contributed by atoms with E-state index < -0.39 is 26.7 Å². The van der Waals surface area contributed by atoms with Crippen LogP contribution in [0, 0.1) is 13.8 Å². The number of aryl methyl sites for hydroxylation is 2. The highest BCUT2D eigenvalue weighted by molar-refractivity contribution is 7.89. The third-order valence-electron chi connectivity index (χ3n) is 3.28. The second-order valence-corrected chi connectivity index (χ2v) is 7.21. The van der Waals surface area contributed by atoms with Gasteiger partial charge in [0.1, 0.15) is 5.76 Å². The van der Waals surface area contributed by atoms with E-state index in [1.807, 2.05) is 0 Å². The van der Waals surface area contributed by atoms with Crippen LogP contribution in [-0.4, -0.2) is 24.9 Å². The van der Waals surface area contributed by atoms with Gasteiger partial charge in [0.25, 0.3) is 0 Å². The van der Waals surface area contributed by atoms with Gasteiger partial charge in [0.05, 0.1) is 22.7 Å². The van der Waals surface area contributed by atoms with Gasteiger partial charge in [-0.2, -0.15) is 17.5 Å². The molecule has 0 unspecified atom stereocenters. The van der Waals surface area contributed by atoms with Gasteiger partial charge in [-0.3, -0.25) is 0 Å². The molecule has 1 aromatic heterocycles. The molecule has 0 aliphatic rings. The summed E-state index contributed by atoms with van der Waals surface area (Å²) in [5.41, 5.74) is -0.632. The molecule has 0 atom stereocenters. The lowest BCUT2D eigenvalue weighted by atomic mass is 10.1. The molecule has 0 aliphatic heterocycles. The maximum Gasteiger partial charge on any atom is 0.416 e. The van der Waals surface area contributed by atoms with Gasteiger partial charge in [-0.25, -0.2) is 8.42 Å². The second-order valence-electron chi connectivity index (χ2n) is 5.16. The predicted octanol–water partition coefficient (Wildman–Crippen LogP) is 3.13. The second kappa shape index (κ2) is 5.97. The van der Waals surface area contributed by atoms with Crippen molar-refractivity contribution in [2.75, 3.05) is 7.05 Å². The molecule has 0 saturated carbocycles. The Morgan fingerprint density at radius 1 is 1.22 bits per heavy atom. The zero-order valence-corrected chi connectivity index (χ0v) is 13.5. The van der Waals surface area contributed by atoms with Crippen molar-refractivity contribution in [1.82, 2.24) is 9.46 Å². The van der Waals surface area contributed by atoms with Gasteiger partial charge in [-0.1, -0.05) is 11.2 Å². The third-order valence-corrected chi connectivity index (χ3v) is 5.08. The zero-order chi connectivity index (χ0) is 17.4. The first-order chi connectivity index (χ1) is 10.5. The highest BCUT2D eigenvalue weighted by atomic mass is 32.2. The smallest absolute Gasteiger partial charge is 0.361 e. The summed E-state index contributed by atoms with van der Waals surface area (Å²) >= 11 is 0. The summed E-state index contributed by atoms with van der Waals surface area (Å²) < 4.78 is 69.4. The molecule has 2 aromatic rings. The van der Waals surface area contributed by atoms with Crippen molar-refractivity contribution in [2.45, 2.75) is 31.5 Å². The minimum Gasteiger partial charge on any atom is -0.361 e. The molecule has 0 N–H and O–H groups in total. The SMILES string of the molecule is Cc1cc(CN(C)S(=O)(=O)c2ccc(C)c(C(F)(F)F)c2)no1. The number of nitrogens with zero attached hydrogens (tertiary/aromatic N) is 2. The molecule has 9 heteroatoms. The van der Waals surface area contributed by atoms with Crippen LogP contribution in [0.4, 0.5) is 13.2 Å². The van der Waals surface area contributed by atoms with Crippen LogP contribution in [0.3, 0.4) is 0 Å². The van der Waals surface area contributed by atoms with Gasteiger partial charge in [0.15, 0.2) is 0 Å². The highest BCUT2D eigenvalue weighted by Crippen LogP contribution is 2.33. The van der Waals surface area contributed by atoms with Gasteiger partial charge in [-0.05, 0) is 31.5 Å². The van der Waals surface area contributed by atoms with Crippen LogP contribution in [-0.2, 0) is 22.7 Å². The van der Waals surface area contributed by atoms with E-state index in [1.165, 1.54) is 14.0 Å². The Balaban J connectivity index is 2.35. The Morgan fingerprint density at radius 2 is 1.87 bits per heavy atom. The Morgan fingerprint density at radius 3 is 2.39 bits per heavy atom. The number of alkyl halides is 3. The van der Waals surface area contributed by atoms with Gasteiger partial charge in [0.2, 0.25) is 10.0 Å². The topological polar surface area (TPSA) is 63.4 Å². The predicted molar refractivity (Wildman–Crippen MR) is 76.1 cm³/mol. The fraction of sp³-hybridized carbons (Fsp3) is 0.357. The van der Waals surface area contributed by atoms with Crippen LogP contribution in [0.2, 0.25) is 0 Å². The quantitative estimate of drug-likeness (QED) is 0.852. The first-order valence-corrected chi connectivity index (χ1v) is 8.02. The summed E-state index contributed by atoms with van der Waals surface area (Å²) in [6.45, 7) is 2.83. The van der Waals surface area contributed by atoms with Gasteiger partial charge in [0, 0.05) is 13.1 Å². The van der Waals surface area contributed by atoms with Crippen LogP contribution in [0.5, 0.6) is 0 Å². The summed E-state index contributed by atoms with van der Waals surface area (Å²) in [5, 5.41) is 3.67. The minimum atomic E-state index is -4.61. The Bertz CT molecular complexity index is 813. The summed E-state index contributed by atoms with van der Waals surface area (Å²) in [6, 6.07) is 4.51. The Hall–Kier alpha value is -1.87. The Kier molecular flexibility index (Phi) is 4.54. The fourth-order valence-corrected chi connectivity index (χ4v) is 3.22. The van der Waals surface area contributed by atoms with Crippen molar-refractivity contribution in [3.8, 4) is 0 Å². The molecule has 0 aliphatic carbocycles. The molecule has 23 heavy (non-hydrogen) atoms. The lowest BCUT2D eigenvalue weighted by Gasteiger charge is -2.18. The maximum atomic E-state index is 12.9. The third kappa shape index (κ3) is 3.73. The standard InChI is InChI=1S/C14H15F3N2O3S/c1-9-4-5-12(7-13(9)14(15,16)17)23(20,21)19(3)8-11-6-10(2)22-18-11/h4-7H,8H2,1-3H3.